The summed E-state index contributed by atoms with van der Waals surface area (Å²) in [6, 6.07) is 23.0. The van der Waals surface area contributed by atoms with Crippen molar-refractivity contribution in [1.82, 2.24) is 19.5 Å². The molecule has 1 N–H and O–H groups in total. The molecule has 0 atom stereocenters. The summed E-state index contributed by atoms with van der Waals surface area (Å²) in [5.41, 5.74) is 3.14. The van der Waals surface area contributed by atoms with Crippen LogP contribution in [0, 0.1) is 17.5 Å². The molecule has 1 aliphatic heterocycles. The van der Waals surface area contributed by atoms with E-state index in [1.807, 2.05) is 66.7 Å². The predicted molar refractivity (Wildman–Crippen MR) is 145 cm³/mol. The minimum absolute atomic E-state index is 0.0976. The maximum atomic E-state index is 15.3. The smallest absolute Gasteiger partial charge is 0.195 e. The van der Waals surface area contributed by atoms with Gasteiger partial charge in [-0.15, -0.1) is 0 Å². The Bertz CT molecular complexity index is 1620. The topological polar surface area (TPSA) is 56.9 Å². The van der Waals surface area contributed by atoms with Gasteiger partial charge in [-0.3, -0.25) is 4.90 Å². The lowest BCUT2D eigenvalue weighted by atomic mass is 10.00. The maximum Gasteiger partial charge on any atom is 0.195 e. The molecule has 0 bridgehead atoms. The highest BCUT2D eigenvalue weighted by Crippen LogP contribution is 2.39. The second-order valence-electron chi connectivity index (χ2n) is 9.47. The van der Waals surface area contributed by atoms with Crippen LogP contribution in [0.5, 0.6) is 0 Å². The molecular formula is C30H26F3N5O. The Kier molecular flexibility index (Phi) is 6.76. The molecule has 3 aromatic carbocycles. The van der Waals surface area contributed by atoms with E-state index in [1.54, 1.807) is 4.52 Å². The van der Waals surface area contributed by atoms with Crippen LogP contribution < -0.4 is 4.90 Å². The molecular weight excluding hydrogens is 503 g/mol. The number of β-amino-alcohol motifs (C(OH)–C–C–N with tert-alkyl or cyclic N) is 1. The number of halogens is 3. The molecule has 6 nitrogen and oxygen atoms in total. The minimum Gasteiger partial charge on any atom is -0.395 e. The van der Waals surface area contributed by atoms with E-state index in [0.717, 1.165) is 30.5 Å². The number of anilines is 1. The standard InChI is InChI=1S/C30H26F3N5O/c31-23-12-11-22(27(32)28(23)33)26-29(21-9-5-2-6-10-21)35-38-25(37-15-13-36(14-16-37)17-18-39)19-24(34-30(26)38)20-7-3-1-4-8-20/h1-12,19,39H,13-18H2. The van der Waals surface area contributed by atoms with Crippen LogP contribution >= 0.6 is 0 Å². The van der Waals surface area contributed by atoms with Crippen LogP contribution in [0.3, 0.4) is 0 Å². The van der Waals surface area contributed by atoms with Crippen molar-refractivity contribution in [3.8, 4) is 33.6 Å². The number of hydrogen-bond donors (Lipinski definition) is 1. The Morgan fingerprint density at radius 3 is 2.10 bits per heavy atom. The zero-order valence-corrected chi connectivity index (χ0v) is 21.1. The Balaban J connectivity index is 1.63. The van der Waals surface area contributed by atoms with Gasteiger partial charge in [0.05, 0.1) is 17.9 Å². The Morgan fingerprint density at radius 1 is 0.769 bits per heavy atom. The third-order valence-electron chi connectivity index (χ3n) is 7.10. The largest absolute Gasteiger partial charge is 0.395 e. The highest BCUT2D eigenvalue weighted by Gasteiger charge is 2.27. The van der Waals surface area contributed by atoms with Crippen LogP contribution in [-0.4, -0.2) is 63.9 Å². The van der Waals surface area contributed by atoms with E-state index < -0.39 is 17.5 Å². The number of rotatable bonds is 6. The molecule has 1 saturated heterocycles. The van der Waals surface area contributed by atoms with Crippen LogP contribution in [0.25, 0.3) is 39.3 Å². The van der Waals surface area contributed by atoms with E-state index in [4.69, 9.17) is 10.1 Å². The SMILES string of the molecule is OCCN1CCN(c2cc(-c3ccccc3)nc3c(-c4ccc(F)c(F)c4F)c(-c4ccccc4)nn23)CC1. The fourth-order valence-electron chi connectivity index (χ4n) is 5.09. The van der Waals surface area contributed by atoms with E-state index in [-0.39, 0.29) is 17.7 Å². The molecule has 0 saturated carbocycles. The molecule has 5 aromatic rings. The number of hydrogen-bond acceptors (Lipinski definition) is 5. The second kappa shape index (κ2) is 10.5. The molecule has 0 amide bonds. The summed E-state index contributed by atoms with van der Waals surface area (Å²) in [7, 11) is 0. The molecule has 0 aliphatic carbocycles. The number of aromatic nitrogens is 3. The van der Waals surface area contributed by atoms with Gasteiger partial charge in [-0.2, -0.15) is 9.61 Å². The maximum absolute atomic E-state index is 15.3. The predicted octanol–water partition coefficient (Wildman–Crippen LogP) is 5.26. The summed E-state index contributed by atoms with van der Waals surface area (Å²) < 4.78 is 45.4. The molecule has 0 unspecified atom stereocenters. The van der Waals surface area contributed by atoms with E-state index >= 15 is 4.39 Å². The van der Waals surface area contributed by atoms with E-state index in [9.17, 15) is 13.9 Å². The summed E-state index contributed by atoms with van der Waals surface area (Å²) in [4.78, 5) is 9.28. The molecule has 0 spiro atoms. The first-order chi connectivity index (χ1) is 19.0. The molecule has 39 heavy (non-hydrogen) atoms. The second-order valence-corrected chi connectivity index (χ2v) is 9.47. The molecule has 1 aliphatic rings. The van der Waals surface area contributed by atoms with E-state index in [1.165, 1.54) is 6.07 Å². The zero-order chi connectivity index (χ0) is 26.9. The Hall–Kier alpha value is -4.21. The van der Waals surface area contributed by atoms with Crippen molar-refractivity contribution < 1.29 is 18.3 Å². The normalized spacial score (nSPS) is 14.3. The molecule has 3 heterocycles. The van der Waals surface area contributed by atoms with Crippen LogP contribution in [-0.2, 0) is 0 Å². The number of aliphatic hydroxyl groups is 1. The highest BCUT2D eigenvalue weighted by molar-refractivity contribution is 5.92. The van der Waals surface area contributed by atoms with Crippen molar-refractivity contribution in [2.45, 2.75) is 0 Å². The van der Waals surface area contributed by atoms with Gasteiger partial charge in [0.2, 0.25) is 0 Å². The summed E-state index contributed by atoms with van der Waals surface area (Å²) in [5, 5.41) is 14.2. The van der Waals surface area contributed by atoms with Gasteiger partial charge in [-0.05, 0) is 12.1 Å². The van der Waals surface area contributed by atoms with Gasteiger partial charge < -0.3 is 10.0 Å². The fraction of sp³-hybridized carbons (Fsp3) is 0.200. The first kappa shape index (κ1) is 25.1. The van der Waals surface area contributed by atoms with Crippen LogP contribution in [0.1, 0.15) is 0 Å². The lowest BCUT2D eigenvalue weighted by molar-refractivity contribution is 0.188. The van der Waals surface area contributed by atoms with Gasteiger partial charge in [0, 0.05) is 55.5 Å². The fourth-order valence-corrected chi connectivity index (χ4v) is 5.09. The summed E-state index contributed by atoms with van der Waals surface area (Å²) in [6.45, 7) is 3.57. The lowest BCUT2D eigenvalue weighted by Crippen LogP contribution is -2.47. The van der Waals surface area contributed by atoms with Crippen LogP contribution in [0.2, 0.25) is 0 Å². The van der Waals surface area contributed by atoms with Gasteiger partial charge in [0.1, 0.15) is 11.5 Å². The summed E-state index contributed by atoms with van der Waals surface area (Å²) in [5.74, 6) is -3.32. The number of piperazine rings is 1. The number of aliphatic hydroxyl groups excluding tert-OH is 1. The number of fused-ring (bicyclic) bond motifs is 1. The molecule has 6 rings (SSSR count). The van der Waals surface area contributed by atoms with Gasteiger partial charge >= 0.3 is 0 Å². The minimum atomic E-state index is -1.54. The van der Waals surface area contributed by atoms with Gasteiger partial charge in [-0.1, -0.05) is 60.7 Å². The summed E-state index contributed by atoms with van der Waals surface area (Å²) >= 11 is 0. The highest BCUT2D eigenvalue weighted by atomic mass is 19.2. The van der Waals surface area contributed by atoms with Gasteiger partial charge in [0.15, 0.2) is 23.1 Å². The Labute approximate surface area is 223 Å². The first-order valence-corrected chi connectivity index (χ1v) is 12.8. The molecule has 9 heteroatoms. The van der Waals surface area contributed by atoms with Crippen LogP contribution in [0.15, 0.2) is 78.9 Å². The van der Waals surface area contributed by atoms with Crippen molar-refractivity contribution in [2.24, 2.45) is 0 Å². The summed E-state index contributed by atoms with van der Waals surface area (Å²) in [6.07, 6.45) is 0. The van der Waals surface area contributed by atoms with E-state index in [2.05, 4.69) is 9.80 Å². The molecule has 198 valence electrons. The first-order valence-electron chi connectivity index (χ1n) is 12.8. The molecule has 2 aromatic heterocycles. The third-order valence-corrected chi connectivity index (χ3v) is 7.10. The van der Waals surface area contributed by atoms with Crippen molar-refractivity contribution in [1.29, 1.82) is 0 Å². The molecule has 0 radical (unpaired) electrons. The van der Waals surface area contributed by atoms with Crippen LogP contribution in [0.4, 0.5) is 19.0 Å². The third kappa shape index (κ3) is 4.64. The van der Waals surface area contributed by atoms with E-state index in [0.29, 0.717) is 42.2 Å². The van der Waals surface area contributed by atoms with Gasteiger partial charge in [0.25, 0.3) is 0 Å². The lowest BCUT2D eigenvalue weighted by Gasteiger charge is -2.35. The van der Waals surface area contributed by atoms with Crippen molar-refractivity contribution in [3.05, 3.63) is 96.3 Å². The van der Waals surface area contributed by atoms with Crippen molar-refractivity contribution in [2.75, 3.05) is 44.2 Å². The Morgan fingerprint density at radius 2 is 1.44 bits per heavy atom. The van der Waals surface area contributed by atoms with Crippen molar-refractivity contribution in [3.63, 3.8) is 0 Å². The molecule has 1 fully saturated rings. The quantitative estimate of drug-likeness (QED) is 0.304. The number of benzene rings is 3. The zero-order valence-electron chi connectivity index (χ0n) is 21.1. The average Bonchev–Trinajstić information content (AvgIpc) is 3.36. The number of nitrogens with zero attached hydrogens (tertiary/aromatic N) is 5. The van der Waals surface area contributed by atoms with Crippen molar-refractivity contribution >= 4 is 11.5 Å². The average molecular weight is 530 g/mol. The van der Waals surface area contributed by atoms with Gasteiger partial charge in [-0.25, -0.2) is 18.2 Å². The monoisotopic (exact) mass is 529 g/mol.